The molecule has 0 aromatic heterocycles. The van der Waals surface area contributed by atoms with Gasteiger partial charge in [-0.1, -0.05) is 54.8 Å². The van der Waals surface area contributed by atoms with Crippen LogP contribution in [-0.2, 0) is 30.6 Å². The Morgan fingerprint density at radius 3 is 2.45 bits per heavy atom. The normalized spacial score (nSPS) is 18.8. The average molecular weight is 431 g/mol. The number of fused-ring (bicyclic) bond motifs is 1. The fourth-order valence-corrected chi connectivity index (χ4v) is 4.83. The molecule has 0 saturated heterocycles. The van der Waals surface area contributed by atoms with Gasteiger partial charge in [-0.25, -0.2) is 0 Å². The highest BCUT2D eigenvalue weighted by atomic mass is 19.4. The number of rotatable bonds is 5. The van der Waals surface area contributed by atoms with Gasteiger partial charge in [0, 0.05) is 12.1 Å². The molecule has 2 aliphatic carbocycles. The zero-order valence-electron chi connectivity index (χ0n) is 17.7. The van der Waals surface area contributed by atoms with E-state index < -0.39 is 11.7 Å². The molecule has 2 aromatic rings. The minimum Gasteiger partial charge on any atom is -0.391 e. The summed E-state index contributed by atoms with van der Waals surface area (Å²) >= 11 is 0. The highest BCUT2D eigenvalue weighted by Crippen LogP contribution is 2.41. The quantitative estimate of drug-likeness (QED) is 0.553. The van der Waals surface area contributed by atoms with E-state index in [-0.39, 0.29) is 12.5 Å². The maximum Gasteiger partial charge on any atom is 0.416 e. The first kappa shape index (κ1) is 21.9. The molecule has 166 valence electrons. The van der Waals surface area contributed by atoms with Gasteiger partial charge in [-0.2, -0.15) is 13.2 Å². The molecule has 0 amide bonds. The summed E-state index contributed by atoms with van der Waals surface area (Å²) in [4.78, 5) is 5.52. The number of hydrogen-bond donors (Lipinski definition) is 1. The zero-order valence-corrected chi connectivity index (χ0v) is 17.7. The topological polar surface area (TPSA) is 47.6 Å². The molecule has 0 unspecified atom stereocenters. The largest absolute Gasteiger partial charge is 0.416 e. The predicted molar refractivity (Wildman–Crippen MR) is 116 cm³/mol. The Bertz CT molecular complexity index is 946. The molecule has 0 atom stereocenters. The number of hydrogen-bond acceptors (Lipinski definition) is 3. The van der Waals surface area contributed by atoms with Gasteiger partial charge in [-0.15, -0.1) is 0 Å². The van der Waals surface area contributed by atoms with Gasteiger partial charge in [0.15, 0.2) is 0 Å². The lowest BCUT2D eigenvalue weighted by Crippen LogP contribution is -2.15. The summed E-state index contributed by atoms with van der Waals surface area (Å²) in [6.45, 7) is 0.516. The van der Waals surface area contributed by atoms with E-state index >= 15 is 0 Å². The van der Waals surface area contributed by atoms with Crippen molar-refractivity contribution >= 4 is 5.71 Å². The van der Waals surface area contributed by atoms with Gasteiger partial charge in [0.25, 0.3) is 0 Å². The van der Waals surface area contributed by atoms with Crippen molar-refractivity contribution in [2.75, 3.05) is 0 Å². The fraction of sp³-hybridized carbons (Fsp3) is 0.480. The summed E-state index contributed by atoms with van der Waals surface area (Å²) in [5, 5.41) is 4.28. The van der Waals surface area contributed by atoms with Crippen LogP contribution in [0.2, 0.25) is 0 Å². The Kier molecular flexibility index (Phi) is 6.65. The van der Waals surface area contributed by atoms with Crippen molar-refractivity contribution in [3.63, 3.8) is 0 Å². The molecular formula is C25H29F3N2O. The Hall–Kier alpha value is -2.34. The summed E-state index contributed by atoms with van der Waals surface area (Å²) in [5.74, 6) is -0.00209. The van der Waals surface area contributed by atoms with Crippen LogP contribution >= 0.6 is 0 Å². The van der Waals surface area contributed by atoms with E-state index in [0.717, 1.165) is 68.2 Å². The van der Waals surface area contributed by atoms with Crippen molar-refractivity contribution in [3.8, 4) is 0 Å². The average Bonchev–Trinajstić information content (AvgIpc) is 2.78. The SMILES string of the molecule is NCc1ccc2c(c1)CCCC2=NOCc1ccc(C2CCCCC2)c(C(F)(F)F)c1. The van der Waals surface area contributed by atoms with Gasteiger partial charge in [-0.3, -0.25) is 0 Å². The van der Waals surface area contributed by atoms with Crippen LogP contribution in [0.4, 0.5) is 13.2 Å². The highest BCUT2D eigenvalue weighted by Gasteiger charge is 2.35. The lowest BCUT2D eigenvalue weighted by atomic mass is 9.81. The maximum atomic E-state index is 13.7. The van der Waals surface area contributed by atoms with E-state index in [1.54, 1.807) is 12.1 Å². The summed E-state index contributed by atoms with van der Waals surface area (Å²) in [6, 6.07) is 10.7. The second kappa shape index (κ2) is 9.43. The first-order valence-corrected chi connectivity index (χ1v) is 11.2. The van der Waals surface area contributed by atoms with Crippen LogP contribution in [0.5, 0.6) is 0 Å². The van der Waals surface area contributed by atoms with Crippen LogP contribution in [0.15, 0.2) is 41.6 Å². The van der Waals surface area contributed by atoms with Gasteiger partial charge in [0.1, 0.15) is 6.61 Å². The smallest absolute Gasteiger partial charge is 0.391 e. The van der Waals surface area contributed by atoms with E-state index in [9.17, 15) is 13.2 Å². The van der Waals surface area contributed by atoms with Gasteiger partial charge in [-0.05, 0) is 66.3 Å². The van der Waals surface area contributed by atoms with Gasteiger partial charge in [0.2, 0.25) is 0 Å². The number of nitrogens with two attached hydrogens (primary N) is 1. The number of nitrogens with zero attached hydrogens (tertiary/aromatic N) is 1. The molecule has 3 nitrogen and oxygen atoms in total. The molecule has 0 bridgehead atoms. The minimum absolute atomic E-state index is 0.00209. The summed E-state index contributed by atoms with van der Waals surface area (Å²) in [7, 11) is 0. The second-order valence-corrected chi connectivity index (χ2v) is 8.61. The van der Waals surface area contributed by atoms with Crippen LogP contribution in [0.25, 0.3) is 0 Å². The van der Waals surface area contributed by atoms with Crippen LogP contribution in [0, 0.1) is 0 Å². The second-order valence-electron chi connectivity index (χ2n) is 8.61. The summed E-state index contributed by atoms with van der Waals surface area (Å²) in [6.07, 6.45) is 3.14. The molecule has 6 heteroatoms. The van der Waals surface area contributed by atoms with Crippen molar-refractivity contribution in [2.24, 2.45) is 10.9 Å². The molecule has 1 saturated carbocycles. The lowest BCUT2D eigenvalue weighted by molar-refractivity contribution is -0.138. The highest BCUT2D eigenvalue weighted by molar-refractivity contribution is 6.02. The van der Waals surface area contributed by atoms with Gasteiger partial charge in [0.05, 0.1) is 11.3 Å². The summed E-state index contributed by atoms with van der Waals surface area (Å²) in [5.41, 5.74) is 10.3. The molecule has 2 N–H and O–H groups in total. The van der Waals surface area contributed by atoms with E-state index in [1.165, 1.54) is 11.6 Å². The maximum absolute atomic E-state index is 13.7. The molecular weight excluding hydrogens is 401 g/mol. The summed E-state index contributed by atoms with van der Waals surface area (Å²) < 4.78 is 41.2. The molecule has 31 heavy (non-hydrogen) atoms. The molecule has 0 radical (unpaired) electrons. The van der Waals surface area contributed by atoms with E-state index in [2.05, 4.69) is 11.2 Å². The van der Waals surface area contributed by atoms with Gasteiger partial charge >= 0.3 is 6.18 Å². The van der Waals surface area contributed by atoms with E-state index in [1.807, 2.05) is 12.1 Å². The van der Waals surface area contributed by atoms with Crippen molar-refractivity contribution in [1.82, 2.24) is 0 Å². The van der Waals surface area contributed by atoms with E-state index in [0.29, 0.717) is 17.7 Å². The van der Waals surface area contributed by atoms with Crippen molar-refractivity contribution < 1.29 is 18.0 Å². The Balaban J connectivity index is 1.50. The molecule has 0 aliphatic heterocycles. The Morgan fingerprint density at radius 2 is 1.71 bits per heavy atom. The third-order valence-electron chi connectivity index (χ3n) is 6.45. The molecule has 0 heterocycles. The van der Waals surface area contributed by atoms with Crippen molar-refractivity contribution in [2.45, 2.75) is 76.6 Å². The molecule has 2 aliphatic rings. The first-order chi connectivity index (χ1) is 15.0. The molecule has 0 spiro atoms. The number of oxime groups is 1. The lowest BCUT2D eigenvalue weighted by Gasteiger charge is -2.25. The number of aryl methyl sites for hydroxylation is 1. The van der Waals surface area contributed by atoms with Crippen LogP contribution < -0.4 is 5.73 Å². The zero-order chi connectivity index (χ0) is 21.8. The number of benzene rings is 2. The van der Waals surface area contributed by atoms with Gasteiger partial charge < -0.3 is 10.6 Å². The predicted octanol–water partition coefficient (Wildman–Crippen LogP) is 6.47. The third-order valence-corrected chi connectivity index (χ3v) is 6.45. The Labute approximate surface area is 181 Å². The van der Waals surface area contributed by atoms with Crippen LogP contribution in [0.1, 0.15) is 84.2 Å². The monoisotopic (exact) mass is 430 g/mol. The first-order valence-electron chi connectivity index (χ1n) is 11.2. The van der Waals surface area contributed by atoms with Crippen LogP contribution in [-0.4, -0.2) is 5.71 Å². The third kappa shape index (κ3) is 5.12. The molecule has 4 rings (SSSR count). The minimum atomic E-state index is -4.36. The molecule has 1 fully saturated rings. The Morgan fingerprint density at radius 1 is 0.935 bits per heavy atom. The standard InChI is InChI=1S/C25H29F3N2O/c26-25(27,28)23-14-18(10-11-21(23)19-5-2-1-3-6-19)16-31-30-24-8-4-7-20-13-17(15-29)9-12-22(20)24/h9-14,19H,1-8,15-16,29H2. The van der Waals surface area contributed by atoms with E-state index in [4.69, 9.17) is 10.6 Å². The fourth-order valence-electron chi connectivity index (χ4n) is 4.83. The number of halogens is 3. The van der Waals surface area contributed by atoms with Crippen molar-refractivity contribution in [1.29, 1.82) is 0 Å². The van der Waals surface area contributed by atoms with Crippen molar-refractivity contribution in [3.05, 3.63) is 69.8 Å². The van der Waals surface area contributed by atoms with Crippen LogP contribution in [0.3, 0.4) is 0 Å². The molecule has 2 aromatic carbocycles. The number of alkyl halides is 3.